The fourth-order valence-electron chi connectivity index (χ4n) is 2.84. The first kappa shape index (κ1) is 11.9. The molecule has 0 unspecified atom stereocenters. The molecule has 0 amide bonds. The van der Waals surface area contributed by atoms with Crippen molar-refractivity contribution in [2.45, 2.75) is 25.7 Å². The maximum absolute atomic E-state index is 5.73. The van der Waals surface area contributed by atoms with Gasteiger partial charge in [0.15, 0.2) is 5.65 Å². The van der Waals surface area contributed by atoms with Crippen LogP contribution < -0.4 is 11.3 Å². The van der Waals surface area contributed by atoms with Gasteiger partial charge in [-0.2, -0.15) is 9.61 Å². The quantitative estimate of drug-likeness (QED) is 0.561. The third-order valence-corrected chi connectivity index (χ3v) is 4.68. The van der Waals surface area contributed by atoms with Crippen molar-refractivity contribution in [1.82, 2.24) is 14.6 Å². The van der Waals surface area contributed by atoms with E-state index in [2.05, 4.69) is 22.0 Å². The zero-order valence-corrected chi connectivity index (χ0v) is 11.8. The summed E-state index contributed by atoms with van der Waals surface area (Å²) >= 11 is 1.68. The third kappa shape index (κ3) is 1.72. The Morgan fingerprint density at radius 1 is 1.30 bits per heavy atom. The number of nitrogens with one attached hydrogen (secondary N) is 1. The van der Waals surface area contributed by atoms with E-state index in [0.717, 1.165) is 40.6 Å². The molecular formula is C14H15N5S. The Hall–Kier alpha value is -1.92. The zero-order valence-electron chi connectivity index (χ0n) is 11.0. The van der Waals surface area contributed by atoms with Gasteiger partial charge in [-0.25, -0.2) is 10.8 Å². The second-order valence-corrected chi connectivity index (χ2v) is 5.96. The molecule has 4 rings (SSSR count). The van der Waals surface area contributed by atoms with Gasteiger partial charge in [0.05, 0.1) is 4.88 Å². The van der Waals surface area contributed by atoms with E-state index < -0.39 is 0 Å². The van der Waals surface area contributed by atoms with Gasteiger partial charge in [-0.05, 0) is 37.1 Å². The lowest BCUT2D eigenvalue weighted by molar-refractivity contribution is 0.661. The van der Waals surface area contributed by atoms with E-state index in [0.29, 0.717) is 0 Å². The first-order valence-corrected chi connectivity index (χ1v) is 7.67. The molecule has 3 aromatic heterocycles. The van der Waals surface area contributed by atoms with Gasteiger partial charge in [0, 0.05) is 17.3 Å². The van der Waals surface area contributed by atoms with Crippen LogP contribution in [0.3, 0.4) is 0 Å². The highest BCUT2D eigenvalue weighted by Crippen LogP contribution is 2.30. The van der Waals surface area contributed by atoms with Gasteiger partial charge in [-0.1, -0.05) is 6.07 Å². The number of fused-ring (bicyclic) bond motifs is 2. The van der Waals surface area contributed by atoms with Gasteiger partial charge in [-0.3, -0.25) is 0 Å². The molecule has 102 valence electrons. The van der Waals surface area contributed by atoms with Crippen LogP contribution in [-0.2, 0) is 12.8 Å². The summed E-state index contributed by atoms with van der Waals surface area (Å²) in [6.07, 6.45) is 4.44. The summed E-state index contributed by atoms with van der Waals surface area (Å²) in [6.45, 7) is 0. The number of anilines is 1. The van der Waals surface area contributed by atoms with Crippen LogP contribution in [0.1, 0.15) is 24.1 Å². The number of nitrogens with two attached hydrogens (primary N) is 1. The van der Waals surface area contributed by atoms with Gasteiger partial charge in [0.25, 0.3) is 0 Å². The van der Waals surface area contributed by atoms with Crippen LogP contribution >= 0.6 is 11.3 Å². The molecule has 0 aromatic carbocycles. The van der Waals surface area contributed by atoms with Crippen LogP contribution in [0.4, 0.5) is 5.82 Å². The molecule has 3 N–H and O–H groups in total. The largest absolute Gasteiger partial charge is 0.308 e. The van der Waals surface area contributed by atoms with Crippen molar-refractivity contribution in [3.63, 3.8) is 0 Å². The van der Waals surface area contributed by atoms with Crippen molar-refractivity contribution in [1.29, 1.82) is 0 Å². The maximum atomic E-state index is 5.73. The summed E-state index contributed by atoms with van der Waals surface area (Å²) in [5.74, 6) is 6.61. The number of aryl methyl sites for hydroxylation is 1. The van der Waals surface area contributed by atoms with E-state index in [1.807, 2.05) is 16.6 Å². The van der Waals surface area contributed by atoms with Crippen molar-refractivity contribution in [3.8, 4) is 10.6 Å². The van der Waals surface area contributed by atoms with E-state index in [4.69, 9.17) is 10.8 Å². The number of hydrazine groups is 1. The highest BCUT2D eigenvalue weighted by atomic mass is 32.1. The number of thiophene rings is 1. The van der Waals surface area contributed by atoms with Gasteiger partial charge >= 0.3 is 0 Å². The summed E-state index contributed by atoms with van der Waals surface area (Å²) < 4.78 is 1.83. The number of rotatable bonds is 2. The molecule has 0 fully saturated rings. The SMILES string of the molecule is NNc1c2c(nc3cc(-c4cccs4)nn13)CCCC2. The smallest absolute Gasteiger partial charge is 0.158 e. The first-order valence-electron chi connectivity index (χ1n) is 6.79. The predicted octanol–water partition coefficient (Wildman–Crippen LogP) is 2.62. The van der Waals surface area contributed by atoms with E-state index in [1.165, 1.54) is 18.4 Å². The van der Waals surface area contributed by atoms with E-state index in [-0.39, 0.29) is 0 Å². The number of nitrogen functional groups attached to an aromatic ring is 1. The molecule has 0 spiro atoms. The van der Waals surface area contributed by atoms with Gasteiger partial charge in [0.2, 0.25) is 0 Å². The number of nitrogens with zero attached hydrogens (tertiary/aromatic N) is 3. The number of hydrogen-bond acceptors (Lipinski definition) is 5. The minimum Gasteiger partial charge on any atom is -0.308 e. The number of hydrogen-bond donors (Lipinski definition) is 2. The molecule has 1 aliphatic rings. The third-order valence-electron chi connectivity index (χ3n) is 3.79. The molecule has 0 saturated heterocycles. The van der Waals surface area contributed by atoms with Crippen LogP contribution in [0.5, 0.6) is 0 Å². The summed E-state index contributed by atoms with van der Waals surface area (Å²) in [4.78, 5) is 5.91. The second kappa shape index (κ2) is 4.57. The number of aromatic nitrogens is 3. The average molecular weight is 285 g/mol. The monoisotopic (exact) mass is 285 g/mol. The molecule has 20 heavy (non-hydrogen) atoms. The summed E-state index contributed by atoms with van der Waals surface area (Å²) in [6, 6.07) is 6.13. The Labute approximate surface area is 120 Å². The molecule has 0 atom stereocenters. The molecule has 5 nitrogen and oxygen atoms in total. The molecule has 0 aliphatic heterocycles. The van der Waals surface area contributed by atoms with Crippen molar-refractivity contribution < 1.29 is 0 Å². The van der Waals surface area contributed by atoms with E-state index in [1.54, 1.807) is 11.3 Å². The predicted molar refractivity (Wildman–Crippen MR) is 80.8 cm³/mol. The van der Waals surface area contributed by atoms with Crippen LogP contribution in [0.25, 0.3) is 16.2 Å². The van der Waals surface area contributed by atoms with Gasteiger partial charge in [0.1, 0.15) is 11.5 Å². The average Bonchev–Trinajstić information content (AvgIpc) is 3.13. The Morgan fingerprint density at radius 2 is 2.20 bits per heavy atom. The fourth-order valence-corrected chi connectivity index (χ4v) is 3.52. The Kier molecular flexibility index (Phi) is 2.71. The molecule has 0 saturated carbocycles. The van der Waals surface area contributed by atoms with E-state index >= 15 is 0 Å². The molecule has 0 bridgehead atoms. The van der Waals surface area contributed by atoms with Crippen LogP contribution in [0, 0.1) is 0 Å². The standard InChI is InChI=1S/C14H15N5S/c15-17-14-9-4-1-2-5-10(9)16-13-8-11(18-19(13)14)12-6-3-7-20-12/h3,6-8,17H,1-2,4-5,15H2. The van der Waals surface area contributed by atoms with Crippen LogP contribution in [0.2, 0.25) is 0 Å². The summed E-state index contributed by atoms with van der Waals surface area (Å²) in [5.41, 5.74) is 7.01. The Bertz CT molecular complexity index is 760. The molecule has 3 heterocycles. The highest BCUT2D eigenvalue weighted by molar-refractivity contribution is 7.13. The highest BCUT2D eigenvalue weighted by Gasteiger charge is 2.19. The fraction of sp³-hybridized carbons (Fsp3) is 0.286. The molecule has 0 radical (unpaired) electrons. The molecule has 3 aromatic rings. The van der Waals surface area contributed by atoms with Crippen molar-refractivity contribution in [3.05, 3.63) is 34.8 Å². The van der Waals surface area contributed by atoms with Gasteiger partial charge < -0.3 is 5.43 Å². The lowest BCUT2D eigenvalue weighted by Crippen LogP contribution is -2.18. The minimum atomic E-state index is 0.863. The Morgan fingerprint density at radius 3 is 3.00 bits per heavy atom. The topological polar surface area (TPSA) is 68.2 Å². The summed E-state index contributed by atoms with van der Waals surface area (Å²) in [5, 5.41) is 6.71. The molecule has 1 aliphatic carbocycles. The molecular weight excluding hydrogens is 270 g/mol. The first-order chi connectivity index (χ1) is 9.86. The van der Waals surface area contributed by atoms with Crippen molar-refractivity contribution in [2.75, 3.05) is 5.43 Å². The minimum absolute atomic E-state index is 0.863. The molecule has 6 heteroatoms. The van der Waals surface area contributed by atoms with Gasteiger partial charge in [-0.15, -0.1) is 11.3 Å². The zero-order chi connectivity index (χ0) is 13.5. The lowest BCUT2D eigenvalue weighted by atomic mass is 9.96. The normalized spacial score (nSPS) is 14.4. The van der Waals surface area contributed by atoms with Crippen LogP contribution in [0.15, 0.2) is 23.6 Å². The Balaban J connectivity index is 1.97. The van der Waals surface area contributed by atoms with Crippen molar-refractivity contribution >= 4 is 22.8 Å². The van der Waals surface area contributed by atoms with Crippen LogP contribution in [-0.4, -0.2) is 14.6 Å². The lowest BCUT2D eigenvalue weighted by Gasteiger charge is -2.18. The second-order valence-electron chi connectivity index (χ2n) is 5.01. The van der Waals surface area contributed by atoms with Crippen molar-refractivity contribution in [2.24, 2.45) is 5.84 Å². The maximum Gasteiger partial charge on any atom is 0.158 e. The van der Waals surface area contributed by atoms with E-state index in [9.17, 15) is 0 Å². The summed E-state index contributed by atoms with van der Waals surface area (Å²) in [7, 11) is 0.